The van der Waals surface area contributed by atoms with Gasteiger partial charge in [-0.3, -0.25) is 4.99 Å². The number of halogens is 1. The summed E-state index contributed by atoms with van der Waals surface area (Å²) < 4.78 is 5.72. The monoisotopic (exact) mass is 562 g/mol. The first-order valence-corrected chi connectivity index (χ1v) is 12.1. The Bertz CT molecular complexity index is 708. The molecule has 2 fully saturated rings. The van der Waals surface area contributed by atoms with Gasteiger partial charge in [0.2, 0.25) is 0 Å². The van der Waals surface area contributed by atoms with Crippen molar-refractivity contribution in [2.75, 3.05) is 33.2 Å². The van der Waals surface area contributed by atoms with Gasteiger partial charge in [-0.2, -0.15) is 0 Å². The summed E-state index contributed by atoms with van der Waals surface area (Å²) in [6, 6.07) is 4.55. The quantitative estimate of drug-likeness (QED) is 0.296. The third-order valence-corrected chi connectivity index (χ3v) is 6.90. The van der Waals surface area contributed by atoms with Gasteiger partial charge < -0.3 is 19.9 Å². The SMILES string of the molecule is CN=C(NCC(C)c1cccs1)N1CCC(N(CC2CC2)C(=O)OC(C)(C)C)CC1.I. The molecule has 1 N–H and O–H groups in total. The Labute approximate surface area is 208 Å². The van der Waals surface area contributed by atoms with Crippen LogP contribution in [0.15, 0.2) is 22.5 Å². The van der Waals surface area contributed by atoms with E-state index in [1.807, 2.05) is 32.7 Å². The van der Waals surface area contributed by atoms with E-state index in [-0.39, 0.29) is 36.1 Å². The minimum Gasteiger partial charge on any atom is -0.444 e. The highest BCUT2D eigenvalue weighted by Gasteiger charge is 2.35. The lowest BCUT2D eigenvalue weighted by molar-refractivity contribution is 0.00928. The number of aliphatic imine (C=N–C) groups is 1. The van der Waals surface area contributed by atoms with Crippen LogP contribution < -0.4 is 5.32 Å². The van der Waals surface area contributed by atoms with E-state index in [0.29, 0.717) is 11.8 Å². The van der Waals surface area contributed by atoms with Gasteiger partial charge in [-0.25, -0.2) is 4.79 Å². The molecule has 3 rings (SSSR count). The number of amides is 1. The average Bonchev–Trinajstić information content (AvgIpc) is 3.35. The topological polar surface area (TPSA) is 57.2 Å². The molecule has 2 aliphatic rings. The zero-order valence-electron chi connectivity index (χ0n) is 19.6. The van der Waals surface area contributed by atoms with Crippen LogP contribution in [0.4, 0.5) is 4.79 Å². The highest BCUT2D eigenvalue weighted by molar-refractivity contribution is 14.0. The fourth-order valence-corrected chi connectivity index (χ4v) is 4.70. The van der Waals surface area contributed by atoms with Crippen molar-refractivity contribution in [3.63, 3.8) is 0 Å². The number of thiophene rings is 1. The van der Waals surface area contributed by atoms with Gasteiger partial charge in [-0.05, 0) is 63.8 Å². The predicted molar refractivity (Wildman–Crippen MR) is 140 cm³/mol. The number of rotatable bonds is 6. The Kier molecular flexibility index (Phi) is 9.92. The minimum atomic E-state index is -0.454. The molecule has 1 aliphatic carbocycles. The van der Waals surface area contributed by atoms with Crippen LogP contribution in [0.5, 0.6) is 0 Å². The summed E-state index contributed by atoms with van der Waals surface area (Å²) in [6.07, 6.45) is 4.22. The molecule has 1 aliphatic heterocycles. The van der Waals surface area contributed by atoms with Crippen LogP contribution in [0.3, 0.4) is 0 Å². The van der Waals surface area contributed by atoms with Crippen LogP contribution in [0, 0.1) is 5.92 Å². The summed E-state index contributed by atoms with van der Waals surface area (Å²) in [4.78, 5) is 23.1. The lowest BCUT2D eigenvalue weighted by Crippen LogP contribution is -2.52. The van der Waals surface area contributed by atoms with Gasteiger partial charge in [0, 0.05) is 50.1 Å². The highest BCUT2D eigenvalue weighted by atomic mass is 127. The number of carbonyl (C=O) groups excluding carboxylic acids is 1. The Hall–Kier alpha value is -1.03. The number of likely N-dealkylation sites (tertiary alicyclic amines) is 1. The predicted octanol–water partition coefficient (Wildman–Crippen LogP) is 5.16. The molecule has 1 aromatic rings. The minimum absolute atomic E-state index is 0. The lowest BCUT2D eigenvalue weighted by atomic mass is 10.0. The van der Waals surface area contributed by atoms with Crippen LogP contribution in [0.25, 0.3) is 0 Å². The van der Waals surface area contributed by atoms with Crippen LogP contribution >= 0.6 is 35.3 Å². The third-order valence-electron chi connectivity index (χ3n) is 5.79. The molecule has 0 spiro atoms. The first kappa shape index (κ1) is 26.2. The molecule has 1 saturated carbocycles. The number of hydrogen-bond acceptors (Lipinski definition) is 4. The van der Waals surface area contributed by atoms with E-state index in [4.69, 9.17) is 4.74 Å². The maximum atomic E-state index is 12.8. The summed E-state index contributed by atoms with van der Waals surface area (Å²) in [7, 11) is 1.85. The number of nitrogens with one attached hydrogen (secondary N) is 1. The fourth-order valence-electron chi connectivity index (χ4n) is 3.91. The second-order valence-electron chi connectivity index (χ2n) is 9.64. The Morgan fingerprint density at radius 3 is 2.52 bits per heavy atom. The van der Waals surface area contributed by atoms with Gasteiger partial charge in [-0.1, -0.05) is 13.0 Å². The van der Waals surface area contributed by atoms with Gasteiger partial charge in [0.15, 0.2) is 5.96 Å². The Balaban J connectivity index is 0.00000341. The van der Waals surface area contributed by atoms with Crippen molar-refractivity contribution in [3.05, 3.63) is 22.4 Å². The van der Waals surface area contributed by atoms with E-state index in [2.05, 4.69) is 39.6 Å². The fraction of sp³-hybridized carbons (Fsp3) is 0.739. The van der Waals surface area contributed by atoms with Crippen LogP contribution in [0.1, 0.15) is 64.2 Å². The Morgan fingerprint density at radius 1 is 1.32 bits per heavy atom. The molecule has 0 radical (unpaired) electrons. The molecule has 6 nitrogen and oxygen atoms in total. The van der Waals surface area contributed by atoms with Crippen molar-refractivity contribution < 1.29 is 9.53 Å². The molecule has 8 heteroatoms. The summed E-state index contributed by atoms with van der Waals surface area (Å²) in [5.41, 5.74) is -0.454. The van der Waals surface area contributed by atoms with Crippen molar-refractivity contribution in [3.8, 4) is 0 Å². The number of ether oxygens (including phenoxy) is 1. The number of nitrogens with zero attached hydrogens (tertiary/aromatic N) is 3. The summed E-state index contributed by atoms with van der Waals surface area (Å²) in [5.74, 6) is 2.08. The number of piperidine rings is 1. The largest absolute Gasteiger partial charge is 0.444 e. The molecular formula is C23H39IN4O2S. The second kappa shape index (κ2) is 11.7. The number of hydrogen-bond donors (Lipinski definition) is 1. The van der Waals surface area contributed by atoms with Crippen molar-refractivity contribution in [2.45, 2.75) is 70.9 Å². The normalized spacial score (nSPS) is 18.9. The maximum absolute atomic E-state index is 12.8. The van der Waals surface area contributed by atoms with E-state index >= 15 is 0 Å². The molecule has 176 valence electrons. The molecule has 1 saturated heterocycles. The molecule has 1 amide bonds. The van der Waals surface area contributed by atoms with E-state index in [9.17, 15) is 4.79 Å². The maximum Gasteiger partial charge on any atom is 0.410 e. The van der Waals surface area contributed by atoms with Gasteiger partial charge in [0.25, 0.3) is 0 Å². The summed E-state index contributed by atoms with van der Waals surface area (Å²) >= 11 is 1.80. The standard InChI is InChI=1S/C23H38N4O2S.HI/c1-17(20-7-6-14-30-20)15-25-21(24-5)26-12-10-19(11-13-26)27(16-18-8-9-18)22(28)29-23(2,3)4;/h6-7,14,17-19H,8-13,15-16H2,1-5H3,(H,24,25);1H. The zero-order chi connectivity index (χ0) is 21.7. The number of guanidine groups is 1. The molecule has 2 heterocycles. The van der Waals surface area contributed by atoms with Crippen molar-refractivity contribution in [1.82, 2.24) is 15.1 Å². The van der Waals surface area contributed by atoms with Crippen LogP contribution in [0.2, 0.25) is 0 Å². The smallest absolute Gasteiger partial charge is 0.410 e. The van der Waals surface area contributed by atoms with Crippen molar-refractivity contribution in [1.29, 1.82) is 0 Å². The van der Waals surface area contributed by atoms with Gasteiger partial charge in [-0.15, -0.1) is 35.3 Å². The molecule has 0 aromatic carbocycles. The first-order chi connectivity index (χ1) is 14.3. The summed E-state index contributed by atoms with van der Waals surface area (Å²) in [6.45, 7) is 11.6. The van der Waals surface area contributed by atoms with Gasteiger partial charge in [0.05, 0.1) is 0 Å². The van der Waals surface area contributed by atoms with Crippen molar-refractivity contribution >= 4 is 47.4 Å². The molecule has 1 atom stereocenters. The van der Waals surface area contributed by atoms with E-state index < -0.39 is 5.60 Å². The van der Waals surface area contributed by atoms with Crippen molar-refractivity contribution in [2.24, 2.45) is 10.9 Å². The van der Waals surface area contributed by atoms with Gasteiger partial charge >= 0.3 is 6.09 Å². The zero-order valence-corrected chi connectivity index (χ0v) is 22.7. The van der Waals surface area contributed by atoms with E-state index in [1.54, 1.807) is 11.3 Å². The van der Waals surface area contributed by atoms with E-state index in [1.165, 1.54) is 17.7 Å². The average molecular weight is 563 g/mol. The number of carbonyl (C=O) groups is 1. The molecule has 31 heavy (non-hydrogen) atoms. The summed E-state index contributed by atoms with van der Waals surface area (Å²) in [5, 5.41) is 5.67. The highest BCUT2D eigenvalue weighted by Crippen LogP contribution is 2.32. The van der Waals surface area contributed by atoms with Gasteiger partial charge in [0.1, 0.15) is 5.60 Å². The third kappa shape index (κ3) is 8.11. The lowest BCUT2D eigenvalue weighted by Gasteiger charge is -2.40. The van der Waals surface area contributed by atoms with E-state index in [0.717, 1.165) is 45.0 Å². The molecule has 0 bridgehead atoms. The molecule has 1 unspecified atom stereocenters. The first-order valence-electron chi connectivity index (χ1n) is 11.3. The second-order valence-corrected chi connectivity index (χ2v) is 10.6. The molecule has 1 aromatic heterocycles. The molecular weight excluding hydrogens is 523 g/mol. The van der Waals surface area contributed by atoms with Crippen LogP contribution in [-0.2, 0) is 4.74 Å². The van der Waals surface area contributed by atoms with Crippen LogP contribution in [-0.4, -0.2) is 66.7 Å². The Morgan fingerprint density at radius 2 is 2.00 bits per heavy atom.